The highest BCUT2D eigenvalue weighted by Crippen LogP contribution is 2.32. The van der Waals surface area contributed by atoms with Gasteiger partial charge in [-0.05, 0) is 44.5 Å². The van der Waals surface area contributed by atoms with Crippen molar-refractivity contribution in [3.63, 3.8) is 0 Å². The number of aromatic nitrogens is 4. The number of aromatic amines is 1. The number of nitrogens with one attached hydrogen (secondary N) is 1. The van der Waals surface area contributed by atoms with Crippen LogP contribution in [-0.4, -0.2) is 19.3 Å². The van der Waals surface area contributed by atoms with E-state index in [2.05, 4.69) is 47.5 Å². The number of nitrogens with zero attached hydrogens (tertiary/aromatic N) is 3. The Balaban J connectivity index is 1.91. The fraction of sp³-hybridized carbons (Fsp3) is 0.238. The summed E-state index contributed by atoms with van der Waals surface area (Å²) in [4.78, 5) is 12.6. The topological polar surface area (TPSA) is 55.6 Å². The number of benzene rings is 2. The number of H-pyrrole nitrogens is 1. The van der Waals surface area contributed by atoms with Crippen molar-refractivity contribution in [1.82, 2.24) is 19.3 Å². The van der Waals surface area contributed by atoms with Gasteiger partial charge in [0.15, 0.2) is 0 Å². The van der Waals surface area contributed by atoms with E-state index in [0.29, 0.717) is 0 Å². The summed E-state index contributed by atoms with van der Waals surface area (Å²) in [7, 11) is 1.82. The van der Waals surface area contributed by atoms with Gasteiger partial charge in [0.2, 0.25) is 0 Å². The van der Waals surface area contributed by atoms with Crippen molar-refractivity contribution in [3.8, 4) is 22.4 Å². The van der Waals surface area contributed by atoms with E-state index >= 15 is 0 Å². The van der Waals surface area contributed by atoms with E-state index in [1.807, 2.05) is 43.8 Å². The molecule has 0 spiro atoms. The predicted octanol–water partition coefficient (Wildman–Crippen LogP) is 4.29. The molecular formula is C21H22N4O. The predicted molar refractivity (Wildman–Crippen MR) is 105 cm³/mol. The largest absolute Gasteiger partial charge is 0.329 e. The lowest BCUT2D eigenvalue weighted by Crippen LogP contribution is -2.23. The molecule has 0 aliphatic rings. The standard InChI is InChI=1S/C21H22N4O/c1-13(2)25-18-9-8-15(11-19(18)24(4)21(25)26)17-12-22-23-20(17)16-7-5-6-14(3)10-16/h5-13H,1-4H3,(H,22,23). The van der Waals surface area contributed by atoms with E-state index < -0.39 is 0 Å². The highest BCUT2D eigenvalue weighted by Gasteiger charge is 2.16. The zero-order chi connectivity index (χ0) is 18.4. The molecule has 4 aromatic rings. The Morgan fingerprint density at radius 3 is 2.58 bits per heavy atom. The molecule has 2 aromatic carbocycles. The zero-order valence-electron chi connectivity index (χ0n) is 15.4. The van der Waals surface area contributed by atoms with E-state index in [9.17, 15) is 4.79 Å². The molecule has 1 N–H and O–H groups in total. The molecule has 26 heavy (non-hydrogen) atoms. The number of aryl methyl sites for hydroxylation is 2. The minimum atomic E-state index is 0.0123. The van der Waals surface area contributed by atoms with E-state index in [-0.39, 0.29) is 11.7 Å². The fourth-order valence-corrected chi connectivity index (χ4v) is 3.56. The smallest absolute Gasteiger partial charge is 0.295 e. The molecule has 0 aliphatic heterocycles. The Morgan fingerprint density at radius 1 is 1.04 bits per heavy atom. The fourth-order valence-electron chi connectivity index (χ4n) is 3.56. The molecule has 0 amide bonds. The quantitative estimate of drug-likeness (QED) is 0.602. The lowest BCUT2D eigenvalue weighted by atomic mass is 10.0. The summed E-state index contributed by atoms with van der Waals surface area (Å²) in [6.45, 7) is 6.14. The first-order valence-corrected chi connectivity index (χ1v) is 8.79. The second-order valence-corrected chi connectivity index (χ2v) is 7.04. The second kappa shape index (κ2) is 6.02. The van der Waals surface area contributed by atoms with E-state index in [0.717, 1.165) is 33.4 Å². The van der Waals surface area contributed by atoms with Crippen molar-refractivity contribution in [2.75, 3.05) is 0 Å². The van der Waals surface area contributed by atoms with Crippen molar-refractivity contribution in [2.24, 2.45) is 7.05 Å². The summed E-state index contributed by atoms with van der Waals surface area (Å²) in [6.07, 6.45) is 1.84. The molecule has 2 aromatic heterocycles. The van der Waals surface area contributed by atoms with Gasteiger partial charge in [-0.2, -0.15) is 5.10 Å². The molecule has 5 nitrogen and oxygen atoms in total. The summed E-state index contributed by atoms with van der Waals surface area (Å²) in [5.74, 6) is 0. The molecule has 0 saturated carbocycles. The SMILES string of the molecule is Cc1cccc(-c2[nH]ncc2-c2ccc3c(c2)n(C)c(=O)n3C(C)C)c1. The normalized spacial score (nSPS) is 11.6. The van der Waals surface area contributed by atoms with Crippen molar-refractivity contribution < 1.29 is 0 Å². The third kappa shape index (κ3) is 2.47. The minimum absolute atomic E-state index is 0.0123. The van der Waals surface area contributed by atoms with Gasteiger partial charge in [-0.1, -0.05) is 29.8 Å². The molecule has 5 heteroatoms. The van der Waals surface area contributed by atoms with Crippen LogP contribution in [-0.2, 0) is 7.05 Å². The van der Waals surface area contributed by atoms with Crippen molar-refractivity contribution in [1.29, 1.82) is 0 Å². The number of rotatable bonds is 3. The molecule has 4 rings (SSSR count). The Labute approximate surface area is 151 Å². The first-order chi connectivity index (χ1) is 12.5. The average molecular weight is 346 g/mol. The Hall–Kier alpha value is -3.08. The van der Waals surface area contributed by atoms with Gasteiger partial charge in [0.05, 0.1) is 22.9 Å². The Bertz CT molecular complexity index is 1160. The van der Waals surface area contributed by atoms with Crippen LogP contribution in [0.1, 0.15) is 25.5 Å². The van der Waals surface area contributed by atoms with E-state index in [4.69, 9.17) is 0 Å². The molecule has 0 radical (unpaired) electrons. The van der Waals surface area contributed by atoms with Crippen LogP contribution in [0, 0.1) is 6.92 Å². The Morgan fingerprint density at radius 2 is 1.85 bits per heavy atom. The number of imidazole rings is 1. The van der Waals surface area contributed by atoms with E-state index in [1.165, 1.54) is 5.56 Å². The van der Waals surface area contributed by atoms with Crippen molar-refractivity contribution in [2.45, 2.75) is 26.8 Å². The third-order valence-corrected chi connectivity index (χ3v) is 4.86. The first-order valence-electron chi connectivity index (χ1n) is 8.79. The minimum Gasteiger partial charge on any atom is -0.295 e. The molecule has 0 saturated heterocycles. The molecule has 0 fully saturated rings. The lowest BCUT2D eigenvalue weighted by Gasteiger charge is -2.08. The number of hydrogen-bond donors (Lipinski definition) is 1. The van der Waals surface area contributed by atoms with Crippen LogP contribution < -0.4 is 5.69 Å². The number of hydrogen-bond acceptors (Lipinski definition) is 2. The molecule has 0 bridgehead atoms. The van der Waals surface area contributed by atoms with Crippen LogP contribution >= 0.6 is 0 Å². The van der Waals surface area contributed by atoms with Crippen LogP contribution in [0.25, 0.3) is 33.4 Å². The van der Waals surface area contributed by atoms with Gasteiger partial charge >= 0.3 is 5.69 Å². The summed E-state index contributed by atoms with van der Waals surface area (Å²) < 4.78 is 3.54. The van der Waals surface area contributed by atoms with Gasteiger partial charge in [0.1, 0.15) is 0 Å². The van der Waals surface area contributed by atoms with Crippen molar-refractivity contribution in [3.05, 3.63) is 64.7 Å². The number of fused-ring (bicyclic) bond motifs is 1. The molecule has 0 aliphatic carbocycles. The molecule has 132 valence electrons. The maximum atomic E-state index is 12.6. The second-order valence-electron chi connectivity index (χ2n) is 7.04. The first kappa shape index (κ1) is 16.4. The van der Waals surface area contributed by atoms with Gasteiger partial charge in [-0.3, -0.25) is 14.2 Å². The maximum absolute atomic E-state index is 12.6. The van der Waals surface area contributed by atoms with Gasteiger partial charge in [-0.25, -0.2) is 4.79 Å². The maximum Gasteiger partial charge on any atom is 0.329 e. The zero-order valence-corrected chi connectivity index (χ0v) is 15.4. The van der Waals surface area contributed by atoms with Crippen LogP contribution in [0.2, 0.25) is 0 Å². The van der Waals surface area contributed by atoms with Crippen molar-refractivity contribution >= 4 is 11.0 Å². The molecule has 2 heterocycles. The van der Waals surface area contributed by atoms with Crippen LogP contribution in [0.3, 0.4) is 0 Å². The Kier molecular flexibility index (Phi) is 3.80. The van der Waals surface area contributed by atoms with Crippen LogP contribution in [0.5, 0.6) is 0 Å². The van der Waals surface area contributed by atoms with Crippen LogP contribution in [0.4, 0.5) is 0 Å². The summed E-state index contributed by atoms with van der Waals surface area (Å²) >= 11 is 0. The third-order valence-electron chi connectivity index (χ3n) is 4.86. The highest BCUT2D eigenvalue weighted by molar-refractivity contribution is 5.87. The lowest BCUT2D eigenvalue weighted by molar-refractivity contribution is 0.583. The molecule has 0 atom stereocenters. The summed E-state index contributed by atoms with van der Waals surface area (Å²) in [6, 6.07) is 14.6. The summed E-state index contributed by atoms with van der Waals surface area (Å²) in [5, 5.41) is 7.38. The average Bonchev–Trinajstić information content (AvgIpc) is 3.19. The molecule has 0 unspecified atom stereocenters. The summed E-state index contributed by atoms with van der Waals surface area (Å²) in [5.41, 5.74) is 7.26. The van der Waals surface area contributed by atoms with E-state index in [1.54, 1.807) is 4.57 Å². The molecular weight excluding hydrogens is 324 g/mol. The highest BCUT2D eigenvalue weighted by atomic mass is 16.1. The van der Waals surface area contributed by atoms with Gasteiger partial charge in [0.25, 0.3) is 0 Å². The van der Waals surface area contributed by atoms with Crippen LogP contribution in [0.15, 0.2) is 53.5 Å². The van der Waals surface area contributed by atoms with Gasteiger partial charge < -0.3 is 0 Å². The monoisotopic (exact) mass is 346 g/mol. The van der Waals surface area contributed by atoms with Gasteiger partial charge in [-0.15, -0.1) is 0 Å². The van der Waals surface area contributed by atoms with Gasteiger partial charge in [0, 0.05) is 24.2 Å².